The van der Waals surface area contributed by atoms with Gasteiger partial charge in [-0.15, -0.1) is 0 Å². The quantitative estimate of drug-likeness (QED) is 0.864. The Hall–Kier alpha value is -1.78. The van der Waals surface area contributed by atoms with Crippen LogP contribution in [0.5, 0.6) is 0 Å². The molecular weight excluding hydrogens is 241 g/mol. The van der Waals surface area contributed by atoms with Gasteiger partial charge in [-0.3, -0.25) is 9.88 Å². The first-order valence-corrected chi connectivity index (χ1v) is 6.34. The SMILES string of the molecule is NCCN(Cc1ccc(F)cc1)Cc1ccccn1. The summed E-state index contributed by atoms with van der Waals surface area (Å²) in [7, 11) is 0. The largest absolute Gasteiger partial charge is 0.329 e. The van der Waals surface area contributed by atoms with Crippen LogP contribution in [0.25, 0.3) is 0 Å². The molecule has 0 bridgehead atoms. The van der Waals surface area contributed by atoms with E-state index in [1.807, 2.05) is 18.2 Å². The molecule has 19 heavy (non-hydrogen) atoms. The van der Waals surface area contributed by atoms with Crippen molar-refractivity contribution in [2.24, 2.45) is 5.73 Å². The normalized spacial score (nSPS) is 10.9. The third kappa shape index (κ3) is 4.43. The topological polar surface area (TPSA) is 42.1 Å². The molecule has 0 aliphatic carbocycles. The van der Waals surface area contributed by atoms with E-state index in [2.05, 4.69) is 9.88 Å². The molecule has 0 fully saturated rings. The van der Waals surface area contributed by atoms with E-state index in [4.69, 9.17) is 5.73 Å². The van der Waals surface area contributed by atoms with Gasteiger partial charge in [-0.2, -0.15) is 0 Å². The minimum absolute atomic E-state index is 0.209. The number of pyridine rings is 1. The number of halogens is 1. The average molecular weight is 259 g/mol. The van der Waals surface area contributed by atoms with Gasteiger partial charge in [-0.1, -0.05) is 18.2 Å². The minimum Gasteiger partial charge on any atom is -0.329 e. The molecule has 2 rings (SSSR count). The summed E-state index contributed by atoms with van der Waals surface area (Å²) in [6, 6.07) is 12.4. The highest BCUT2D eigenvalue weighted by Crippen LogP contribution is 2.09. The second-order valence-corrected chi connectivity index (χ2v) is 4.45. The zero-order chi connectivity index (χ0) is 13.5. The third-order valence-corrected chi connectivity index (χ3v) is 2.88. The van der Waals surface area contributed by atoms with Crippen molar-refractivity contribution >= 4 is 0 Å². The molecule has 100 valence electrons. The molecule has 2 N–H and O–H groups in total. The maximum atomic E-state index is 12.9. The van der Waals surface area contributed by atoms with Crippen LogP contribution in [0.2, 0.25) is 0 Å². The van der Waals surface area contributed by atoms with Gasteiger partial charge in [0.05, 0.1) is 5.69 Å². The van der Waals surface area contributed by atoms with E-state index in [0.717, 1.165) is 30.9 Å². The first-order valence-electron chi connectivity index (χ1n) is 6.34. The summed E-state index contributed by atoms with van der Waals surface area (Å²) < 4.78 is 12.9. The van der Waals surface area contributed by atoms with Crippen LogP contribution in [0.1, 0.15) is 11.3 Å². The Morgan fingerprint density at radius 2 is 1.84 bits per heavy atom. The molecule has 3 nitrogen and oxygen atoms in total. The van der Waals surface area contributed by atoms with E-state index in [-0.39, 0.29) is 5.82 Å². The first-order chi connectivity index (χ1) is 9.28. The van der Waals surface area contributed by atoms with E-state index >= 15 is 0 Å². The standard InChI is InChI=1S/C15H18FN3/c16-14-6-4-13(5-7-14)11-19(10-8-17)12-15-3-1-2-9-18-15/h1-7,9H,8,10-12,17H2. The number of rotatable bonds is 6. The monoisotopic (exact) mass is 259 g/mol. The molecule has 2 aromatic rings. The van der Waals surface area contributed by atoms with Crippen molar-refractivity contribution in [2.75, 3.05) is 13.1 Å². The van der Waals surface area contributed by atoms with Crippen molar-refractivity contribution in [1.29, 1.82) is 0 Å². The molecule has 0 spiro atoms. The maximum absolute atomic E-state index is 12.9. The summed E-state index contributed by atoms with van der Waals surface area (Å²) in [5, 5.41) is 0. The zero-order valence-corrected chi connectivity index (χ0v) is 10.8. The number of benzene rings is 1. The van der Waals surface area contributed by atoms with Gasteiger partial charge in [0.25, 0.3) is 0 Å². The van der Waals surface area contributed by atoms with E-state index in [1.165, 1.54) is 12.1 Å². The zero-order valence-electron chi connectivity index (χ0n) is 10.8. The molecule has 0 atom stereocenters. The van der Waals surface area contributed by atoms with Crippen molar-refractivity contribution in [1.82, 2.24) is 9.88 Å². The van der Waals surface area contributed by atoms with Gasteiger partial charge < -0.3 is 5.73 Å². The van der Waals surface area contributed by atoms with Crippen LogP contribution < -0.4 is 5.73 Å². The lowest BCUT2D eigenvalue weighted by Crippen LogP contribution is -2.29. The van der Waals surface area contributed by atoms with Crippen molar-refractivity contribution < 1.29 is 4.39 Å². The van der Waals surface area contributed by atoms with E-state index in [0.29, 0.717) is 6.54 Å². The fourth-order valence-corrected chi connectivity index (χ4v) is 1.97. The highest BCUT2D eigenvalue weighted by molar-refractivity contribution is 5.16. The van der Waals surface area contributed by atoms with Gasteiger partial charge in [-0.25, -0.2) is 4.39 Å². The Kier molecular flexibility index (Phi) is 5.01. The van der Waals surface area contributed by atoms with Gasteiger partial charge in [0.15, 0.2) is 0 Å². The maximum Gasteiger partial charge on any atom is 0.123 e. The lowest BCUT2D eigenvalue weighted by atomic mass is 10.2. The molecule has 0 saturated heterocycles. The van der Waals surface area contributed by atoms with Crippen molar-refractivity contribution in [3.8, 4) is 0 Å². The third-order valence-electron chi connectivity index (χ3n) is 2.88. The number of nitrogens with two attached hydrogens (primary N) is 1. The summed E-state index contributed by atoms with van der Waals surface area (Å²) in [6.45, 7) is 2.87. The first kappa shape index (κ1) is 13.6. The molecule has 0 amide bonds. The van der Waals surface area contributed by atoms with Crippen molar-refractivity contribution in [3.05, 3.63) is 65.7 Å². The van der Waals surface area contributed by atoms with E-state index in [1.54, 1.807) is 18.3 Å². The summed E-state index contributed by atoms with van der Waals surface area (Å²) in [6.07, 6.45) is 1.79. The van der Waals surface area contributed by atoms with Gasteiger partial charge >= 0.3 is 0 Å². The molecule has 1 aromatic heterocycles. The fourth-order valence-electron chi connectivity index (χ4n) is 1.97. The van der Waals surface area contributed by atoms with Crippen molar-refractivity contribution in [2.45, 2.75) is 13.1 Å². The van der Waals surface area contributed by atoms with Crippen LogP contribution >= 0.6 is 0 Å². The molecular formula is C15H18FN3. The predicted octanol–water partition coefficient (Wildman–Crippen LogP) is 2.18. The van der Waals surface area contributed by atoms with Crippen LogP contribution in [0.15, 0.2) is 48.7 Å². The number of aromatic nitrogens is 1. The lowest BCUT2D eigenvalue weighted by Gasteiger charge is -2.21. The van der Waals surface area contributed by atoms with Crippen LogP contribution in [-0.4, -0.2) is 23.0 Å². The number of hydrogen-bond acceptors (Lipinski definition) is 3. The van der Waals surface area contributed by atoms with Gasteiger partial charge in [0.2, 0.25) is 0 Å². The average Bonchev–Trinajstić information content (AvgIpc) is 2.43. The van der Waals surface area contributed by atoms with E-state index < -0.39 is 0 Å². The molecule has 0 aliphatic heterocycles. The van der Waals surface area contributed by atoms with Crippen LogP contribution in [0.4, 0.5) is 4.39 Å². The summed E-state index contributed by atoms with van der Waals surface area (Å²) in [5.74, 6) is -0.209. The van der Waals surface area contributed by atoms with Gasteiger partial charge in [0.1, 0.15) is 5.82 Å². The highest BCUT2D eigenvalue weighted by Gasteiger charge is 2.07. The Morgan fingerprint density at radius 1 is 1.05 bits per heavy atom. The molecule has 0 saturated carbocycles. The van der Waals surface area contributed by atoms with Gasteiger partial charge in [-0.05, 0) is 29.8 Å². The molecule has 1 aromatic carbocycles. The number of nitrogens with zero attached hydrogens (tertiary/aromatic N) is 2. The number of hydrogen-bond donors (Lipinski definition) is 1. The predicted molar refractivity (Wildman–Crippen MR) is 73.8 cm³/mol. The van der Waals surface area contributed by atoms with Crippen LogP contribution in [-0.2, 0) is 13.1 Å². The smallest absolute Gasteiger partial charge is 0.123 e. The fraction of sp³-hybridized carbons (Fsp3) is 0.267. The Balaban J connectivity index is 2.01. The van der Waals surface area contributed by atoms with Crippen LogP contribution in [0.3, 0.4) is 0 Å². The lowest BCUT2D eigenvalue weighted by molar-refractivity contribution is 0.261. The Labute approximate surface area is 112 Å². The molecule has 1 heterocycles. The van der Waals surface area contributed by atoms with Crippen molar-refractivity contribution in [3.63, 3.8) is 0 Å². The molecule has 0 radical (unpaired) electrons. The summed E-state index contributed by atoms with van der Waals surface area (Å²) in [5.41, 5.74) is 7.73. The second-order valence-electron chi connectivity index (χ2n) is 4.45. The minimum atomic E-state index is -0.209. The van der Waals surface area contributed by atoms with Crippen LogP contribution in [0, 0.1) is 5.82 Å². The van der Waals surface area contributed by atoms with E-state index in [9.17, 15) is 4.39 Å². The summed E-state index contributed by atoms with van der Waals surface area (Å²) >= 11 is 0. The second kappa shape index (κ2) is 6.97. The Morgan fingerprint density at radius 3 is 2.47 bits per heavy atom. The molecule has 0 unspecified atom stereocenters. The highest BCUT2D eigenvalue weighted by atomic mass is 19.1. The molecule has 4 heteroatoms. The Bertz CT molecular complexity index is 485. The van der Waals surface area contributed by atoms with Gasteiger partial charge in [0, 0.05) is 32.4 Å². The summed E-state index contributed by atoms with van der Waals surface area (Å²) in [4.78, 5) is 6.52. The molecule has 0 aliphatic rings.